The summed E-state index contributed by atoms with van der Waals surface area (Å²) in [6.45, 7) is 6.53. The maximum absolute atomic E-state index is 6.10. The van der Waals surface area contributed by atoms with Crippen LogP contribution in [0.5, 0.6) is 0 Å². The van der Waals surface area contributed by atoms with Gasteiger partial charge in [-0.05, 0) is 45.8 Å². The van der Waals surface area contributed by atoms with Crippen LogP contribution in [0.25, 0.3) is 0 Å². The van der Waals surface area contributed by atoms with E-state index in [0.717, 1.165) is 17.3 Å². The quantitative estimate of drug-likeness (QED) is 0.917. The molecule has 1 aromatic heterocycles. The third kappa shape index (κ3) is 4.31. The molecule has 0 aliphatic rings. The summed E-state index contributed by atoms with van der Waals surface area (Å²) in [4.78, 5) is 4.14. The van der Waals surface area contributed by atoms with Crippen molar-refractivity contribution in [1.29, 1.82) is 0 Å². The minimum atomic E-state index is 0.180. The zero-order chi connectivity index (χ0) is 11.5. The minimum Gasteiger partial charge on any atom is -0.327 e. The van der Waals surface area contributed by atoms with Gasteiger partial charge in [-0.2, -0.15) is 0 Å². The molecule has 0 saturated carbocycles. The molecule has 1 rings (SSSR count). The molecule has 1 heterocycles. The topological polar surface area (TPSA) is 38.9 Å². The molecule has 3 heteroatoms. The summed E-state index contributed by atoms with van der Waals surface area (Å²) in [5, 5.41) is 0. The van der Waals surface area contributed by atoms with E-state index >= 15 is 0 Å². The van der Waals surface area contributed by atoms with Crippen LogP contribution in [0.2, 0.25) is 0 Å². The lowest BCUT2D eigenvalue weighted by molar-refractivity contribution is 0.306. The highest BCUT2D eigenvalue weighted by Crippen LogP contribution is 2.21. The SMILES string of the molecule is CC(C)(C)C(N)CCc1cncc(Br)c1. The van der Waals surface area contributed by atoms with Crippen LogP contribution >= 0.6 is 15.9 Å². The van der Waals surface area contributed by atoms with Crippen LogP contribution in [0.3, 0.4) is 0 Å². The molecule has 0 aromatic carbocycles. The largest absolute Gasteiger partial charge is 0.327 e. The summed E-state index contributed by atoms with van der Waals surface area (Å²) in [7, 11) is 0. The second kappa shape index (κ2) is 5.08. The van der Waals surface area contributed by atoms with Gasteiger partial charge in [0.1, 0.15) is 0 Å². The van der Waals surface area contributed by atoms with E-state index in [4.69, 9.17) is 5.73 Å². The Bertz CT molecular complexity index is 318. The zero-order valence-corrected chi connectivity index (χ0v) is 11.2. The first kappa shape index (κ1) is 12.7. The van der Waals surface area contributed by atoms with Gasteiger partial charge in [0.2, 0.25) is 0 Å². The van der Waals surface area contributed by atoms with Crippen LogP contribution < -0.4 is 5.73 Å². The Morgan fingerprint density at radius 2 is 2.07 bits per heavy atom. The summed E-state index contributed by atoms with van der Waals surface area (Å²) in [6, 6.07) is 2.33. The van der Waals surface area contributed by atoms with Crippen molar-refractivity contribution < 1.29 is 0 Å². The first-order valence-electron chi connectivity index (χ1n) is 5.24. The van der Waals surface area contributed by atoms with Crippen molar-refractivity contribution >= 4 is 15.9 Å². The van der Waals surface area contributed by atoms with E-state index in [1.165, 1.54) is 5.56 Å². The molecule has 0 aliphatic carbocycles. The highest BCUT2D eigenvalue weighted by Gasteiger charge is 2.19. The molecule has 15 heavy (non-hydrogen) atoms. The van der Waals surface area contributed by atoms with Crippen molar-refractivity contribution in [2.24, 2.45) is 11.1 Å². The number of aryl methyl sites for hydroxylation is 1. The molecule has 2 nitrogen and oxygen atoms in total. The van der Waals surface area contributed by atoms with Crippen molar-refractivity contribution in [3.05, 3.63) is 28.5 Å². The van der Waals surface area contributed by atoms with E-state index in [2.05, 4.69) is 47.8 Å². The molecule has 0 spiro atoms. The summed E-state index contributed by atoms with van der Waals surface area (Å²) in [6.07, 6.45) is 5.69. The fourth-order valence-electron chi connectivity index (χ4n) is 1.35. The van der Waals surface area contributed by atoms with E-state index in [9.17, 15) is 0 Å². The Morgan fingerprint density at radius 1 is 1.40 bits per heavy atom. The molecule has 0 radical (unpaired) electrons. The predicted octanol–water partition coefficient (Wildman–Crippen LogP) is 3.15. The number of hydrogen-bond donors (Lipinski definition) is 1. The highest BCUT2D eigenvalue weighted by atomic mass is 79.9. The molecule has 0 aliphatic heterocycles. The van der Waals surface area contributed by atoms with Gasteiger partial charge in [-0.1, -0.05) is 20.8 Å². The number of nitrogens with two attached hydrogens (primary N) is 1. The van der Waals surface area contributed by atoms with Crippen LogP contribution in [-0.4, -0.2) is 11.0 Å². The monoisotopic (exact) mass is 270 g/mol. The van der Waals surface area contributed by atoms with Gasteiger partial charge in [-0.25, -0.2) is 0 Å². The summed E-state index contributed by atoms with van der Waals surface area (Å²) in [5.74, 6) is 0. The van der Waals surface area contributed by atoms with E-state index in [0.29, 0.717) is 0 Å². The fraction of sp³-hybridized carbons (Fsp3) is 0.583. The average molecular weight is 271 g/mol. The highest BCUT2D eigenvalue weighted by molar-refractivity contribution is 9.10. The Kier molecular flexibility index (Phi) is 4.29. The third-order valence-electron chi connectivity index (χ3n) is 2.62. The van der Waals surface area contributed by atoms with Crippen molar-refractivity contribution in [2.45, 2.75) is 39.7 Å². The van der Waals surface area contributed by atoms with Gasteiger partial charge in [-0.15, -0.1) is 0 Å². The van der Waals surface area contributed by atoms with Crippen molar-refractivity contribution in [2.75, 3.05) is 0 Å². The van der Waals surface area contributed by atoms with Crippen LogP contribution in [-0.2, 0) is 6.42 Å². The molecular formula is C12H19BrN2. The first-order valence-corrected chi connectivity index (χ1v) is 6.04. The average Bonchev–Trinajstić information content (AvgIpc) is 2.12. The molecular weight excluding hydrogens is 252 g/mol. The molecule has 1 aromatic rings. The smallest absolute Gasteiger partial charge is 0.0410 e. The van der Waals surface area contributed by atoms with Crippen LogP contribution in [0, 0.1) is 5.41 Å². The maximum Gasteiger partial charge on any atom is 0.0410 e. The Hall–Kier alpha value is -0.410. The third-order valence-corrected chi connectivity index (χ3v) is 3.05. The lowest BCUT2D eigenvalue weighted by Gasteiger charge is -2.26. The van der Waals surface area contributed by atoms with E-state index in [-0.39, 0.29) is 11.5 Å². The van der Waals surface area contributed by atoms with E-state index < -0.39 is 0 Å². The number of aromatic nitrogens is 1. The molecule has 0 amide bonds. The van der Waals surface area contributed by atoms with Gasteiger partial charge in [0.05, 0.1) is 0 Å². The number of halogens is 1. The van der Waals surface area contributed by atoms with E-state index in [1.807, 2.05) is 6.20 Å². The fourth-order valence-corrected chi connectivity index (χ4v) is 1.76. The lowest BCUT2D eigenvalue weighted by atomic mass is 9.84. The number of nitrogens with zero attached hydrogens (tertiary/aromatic N) is 1. The normalized spacial score (nSPS) is 13.9. The molecule has 0 saturated heterocycles. The zero-order valence-electron chi connectivity index (χ0n) is 9.63. The second-order valence-corrected chi connectivity index (χ2v) is 5.94. The summed E-state index contributed by atoms with van der Waals surface area (Å²) in [5.41, 5.74) is 7.52. The first-order chi connectivity index (χ1) is 6.89. The molecule has 1 atom stereocenters. The van der Waals surface area contributed by atoms with Crippen molar-refractivity contribution in [3.8, 4) is 0 Å². The molecule has 0 fully saturated rings. The Morgan fingerprint density at radius 3 is 2.60 bits per heavy atom. The second-order valence-electron chi connectivity index (χ2n) is 5.02. The van der Waals surface area contributed by atoms with E-state index in [1.54, 1.807) is 6.20 Å². The lowest BCUT2D eigenvalue weighted by Crippen LogP contribution is -2.35. The molecule has 2 N–H and O–H groups in total. The number of rotatable bonds is 3. The standard InChI is InChI=1S/C12H19BrN2/c1-12(2,3)11(14)5-4-9-6-10(13)8-15-7-9/h6-8,11H,4-5,14H2,1-3H3. The van der Waals surface area contributed by atoms with Crippen LogP contribution in [0.15, 0.2) is 22.9 Å². The summed E-state index contributed by atoms with van der Waals surface area (Å²) >= 11 is 3.41. The van der Waals surface area contributed by atoms with Gasteiger partial charge in [0.25, 0.3) is 0 Å². The number of pyridine rings is 1. The Labute approximate surface area is 100 Å². The predicted molar refractivity (Wildman–Crippen MR) is 67.7 cm³/mol. The summed E-state index contributed by atoms with van der Waals surface area (Å²) < 4.78 is 1.03. The number of hydrogen-bond acceptors (Lipinski definition) is 2. The molecule has 0 bridgehead atoms. The molecule has 84 valence electrons. The van der Waals surface area contributed by atoms with Crippen molar-refractivity contribution in [3.63, 3.8) is 0 Å². The van der Waals surface area contributed by atoms with Gasteiger partial charge in [0, 0.05) is 22.9 Å². The maximum atomic E-state index is 6.10. The van der Waals surface area contributed by atoms with Gasteiger partial charge < -0.3 is 5.73 Å². The molecule has 1 unspecified atom stereocenters. The van der Waals surface area contributed by atoms with Gasteiger partial charge in [-0.3, -0.25) is 4.98 Å². The van der Waals surface area contributed by atoms with Gasteiger partial charge >= 0.3 is 0 Å². The van der Waals surface area contributed by atoms with Gasteiger partial charge in [0.15, 0.2) is 0 Å². The van der Waals surface area contributed by atoms with Crippen LogP contribution in [0.4, 0.5) is 0 Å². The van der Waals surface area contributed by atoms with Crippen LogP contribution in [0.1, 0.15) is 32.8 Å². The Balaban J connectivity index is 2.51. The van der Waals surface area contributed by atoms with Crippen molar-refractivity contribution in [1.82, 2.24) is 4.98 Å². The minimum absolute atomic E-state index is 0.180.